The van der Waals surface area contributed by atoms with Gasteiger partial charge >= 0.3 is 0 Å². The van der Waals surface area contributed by atoms with E-state index in [1.807, 2.05) is 20.9 Å². The average molecular weight is 410 g/mol. The third kappa shape index (κ3) is 3.45. The van der Waals surface area contributed by atoms with Gasteiger partial charge in [-0.2, -0.15) is 10.2 Å². The van der Waals surface area contributed by atoms with E-state index in [2.05, 4.69) is 10.2 Å². The number of hydrogen-bond donors (Lipinski definition) is 0. The minimum Gasteiger partial charge on any atom is -0.377 e. The molecule has 3 heterocycles. The molecule has 1 atom stereocenters. The highest BCUT2D eigenvalue weighted by molar-refractivity contribution is 5.92. The molecule has 1 aromatic carbocycles. The normalized spacial score (nSPS) is 16.6. The van der Waals surface area contributed by atoms with Crippen LogP contribution in [0.4, 0.5) is 5.69 Å². The van der Waals surface area contributed by atoms with E-state index in [4.69, 9.17) is 4.74 Å². The standard InChI is InChI=1S/C20H22N6O4/c1-13-19(14(2)23(3)21-13)18-12-30-10-9-24(18)20(27)17-7-8-25(22-17)15-5-4-6-16(11-15)26(28)29/h4-8,11,18H,9-10,12H2,1-3H3. The molecular weight excluding hydrogens is 388 g/mol. The summed E-state index contributed by atoms with van der Waals surface area (Å²) in [5.74, 6) is -0.213. The van der Waals surface area contributed by atoms with Crippen molar-refractivity contribution in [3.63, 3.8) is 0 Å². The van der Waals surface area contributed by atoms with Crippen LogP contribution in [0.1, 0.15) is 33.5 Å². The number of ether oxygens (including phenoxy) is 1. The lowest BCUT2D eigenvalue weighted by Crippen LogP contribution is -2.44. The number of morpholine rings is 1. The largest absolute Gasteiger partial charge is 0.377 e. The summed E-state index contributed by atoms with van der Waals surface area (Å²) in [5.41, 5.74) is 3.59. The SMILES string of the molecule is Cc1nn(C)c(C)c1C1COCCN1C(=O)c1ccn(-c2cccc([N+](=O)[O-])c2)n1. The van der Waals surface area contributed by atoms with Crippen molar-refractivity contribution in [2.45, 2.75) is 19.9 Å². The zero-order valence-corrected chi connectivity index (χ0v) is 17.0. The van der Waals surface area contributed by atoms with E-state index in [0.717, 1.165) is 17.0 Å². The third-order valence-corrected chi connectivity index (χ3v) is 5.40. The molecule has 0 spiro atoms. The Morgan fingerprint density at radius 2 is 2.07 bits per heavy atom. The van der Waals surface area contributed by atoms with Gasteiger partial charge in [0.15, 0.2) is 5.69 Å². The highest BCUT2D eigenvalue weighted by atomic mass is 16.6. The number of non-ortho nitro benzene ring substituents is 1. The Morgan fingerprint density at radius 1 is 1.27 bits per heavy atom. The Hall–Kier alpha value is -3.53. The van der Waals surface area contributed by atoms with E-state index in [-0.39, 0.29) is 23.3 Å². The summed E-state index contributed by atoms with van der Waals surface area (Å²) in [7, 11) is 1.88. The minimum atomic E-state index is -0.462. The van der Waals surface area contributed by atoms with Crippen LogP contribution >= 0.6 is 0 Å². The second kappa shape index (κ2) is 7.71. The second-order valence-corrected chi connectivity index (χ2v) is 7.22. The number of nitrogens with zero attached hydrogens (tertiary/aromatic N) is 6. The number of rotatable bonds is 4. The Morgan fingerprint density at radius 3 is 2.77 bits per heavy atom. The van der Waals surface area contributed by atoms with Crippen LogP contribution in [0.2, 0.25) is 0 Å². The fraction of sp³-hybridized carbons (Fsp3) is 0.350. The van der Waals surface area contributed by atoms with Crippen molar-refractivity contribution in [3.05, 3.63) is 69.3 Å². The van der Waals surface area contributed by atoms with Crippen LogP contribution in [0.3, 0.4) is 0 Å². The lowest BCUT2D eigenvalue weighted by atomic mass is 10.0. The highest BCUT2D eigenvalue weighted by Crippen LogP contribution is 2.30. The maximum absolute atomic E-state index is 13.3. The van der Waals surface area contributed by atoms with Gasteiger partial charge in [0, 0.05) is 43.2 Å². The Bertz CT molecular complexity index is 1120. The molecule has 10 heteroatoms. The molecule has 2 aromatic heterocycles. The van der Waals surface area contributed by atoms with Crippen molar-refractivity contribution < 1.29 is 14.5 Å². The van der Waals surface area contributed by atoms with E-state index < -0.39 is 4.92 Å². The zero-order chi connectivity index (χ0) is 21.4. The van der Waals surface area contributed by atoms with Crippen molar-refractivity contribution in [3.8, 4) is 5.69 Å². The molecule has 0 aliphatic carbocycles. The van der Waals surface area contributed by atoms with Gasteiger partial charge in [-0.1, -0.05) is 6.07 Å². The molecule has 4 rings (SSSR count). The van der Waals surface area contributed by atoms with Gasteiger partial charge in [0.25, 0.3) is 11.6 Å². The van der Waals surface area contributed by atoms with E-state index >= 15 is 0 Å². The molecule has 0 radical (unpaired) electrons. The Kier molecular flexibility index (Phi) is 5.08. The second-order valence-electron chi connectivity index (χ2n) is 7.22. The lowest BCUT2D eigenvalue weighted by Gasteiger charge is -2.35. The van der Waals surface area contributed by atoms with E-state index in [0.29, 0.717) is 25.4 Å². The van der Waals surface area contributed by atoms with Crippen molar-refractivity contribution >= 4 is 11.6 Å². The molecule has 3 aromatic rings. The molecule has 1 unspecified atom stereocenters. The molecular formula is C20H22N6O4. The molecule has 0 saturated carbocycles. The highest BCUT2D eigenvalue weighted by Gasteiger charge is 2.33. The monoisotopic (exact) mass is 410 g/mol. The van der Waals surface area contributed by atoms with Gasteiger partial charge in [-0.25, -0.2) is 4.68 Å². The summed E-state index contributed by atoms with van der Waals surface area (Å²) in [4.78, 5) is 25.6. The average Bonchev–Trinajstić information content (AvgIpc) is 3.33. The van der Waals surface area contributed by atoms with Crippen molar-refractivity contribution in [1.29, 1.82) is 0 Å². The molecule has 10 nitrogen and oxygen atoms in total. The quantitative estimate of drug-likeness (QED) is 0.483. The maximum atomic E-state index is 13.3. The fourth-order valence-corrected chi connectivity index (χ4v) is 3.84. The smallest absolute Gasteiger partial charge is 0.275 e. The summed E-state index contributed by atoms with van der Waals surface area (Å²) < 4.78 is 8.93. The number of aromatic nitrogens is 4. The minimum absolute atomic E-state index is 0.0355. The van der Waals surface area contributed by atoms with Crippen LogP contribution in [-0.4, -0.2) is 55.0 Å². The molecule has 1 amide bonds. The molecule has 1 aliphatic heterocycles. The van der Waals surface area contributed by atoms with Gasteiger partial charge in [-0.05, 0) is 26.0 Å². The number of carbonyl (C=O) groups excluding carboxylic acids is 1. The van der Waals surface area contributed by atoms with Crippen LogP contribution in [0.15, 0.2) is 36.5 Å². The molecule has 0 bridgehead atoms. The third-order valence-electron chi connectivity index (χ3n) is 5.40. The Labute approximate surface area is 172 Å². The topological polar surface area (TPSA) is 108 Å². The number of benzene rings is 1. The van der Waals surface area contributed by atoms with Gasteiger partial charge < -0.3 is 9.64 Å². The van der Waals surface area contributed by atoms with Crippen LogP contribution < -0.4 is 0 Å². The predicted octanol–water partition coefficient (Wildman–Crippen LogP) is 2.34. The van der Waals surface area contributed by atoms with E-state index in [1.165, 1.54) is 16.8 Å². The van der Waals surface area contributed by atoms with Crippen LogP contribution in [0, 0.1) is 24.0 Å². The van der Waals surface area contributed by atoms with Crippen molar-refractivity contribution in [2.24, 2.45) is 7.05 Å². The first-order valence-electron chi connectivity index (χ1n) is 9.56. The van der Waals surface area contributed by atoms with Gasteiger partial charge in [0.05, 0.1) is 35.6 Å². The first kappa shape index (κ1) is 19.8. The van der Waals surface area contributed by atoms with Crippen molar-refractivity contribution in [1.82, 2.24) is 24.5 Å². The van der Waals surface area contributed by atoms with Gasteiger partial charge in [-0.15, -0.1) is 0 Å². The summed E-state index contributed by atoms with van der Waals surface area (Å²) in [6, 6.07) is 7.49. The van der Waals surface area contributed by atoms with Crippen LogP contribution in [0.5, 0.6) is 0 Å². The number of aryl methyl sites for hydroxylation is 2. The first-order valence-corrected chi connectivity index (χ1v) is 9.56. The van der Waals surface area contributed by atoms with E-state index in [9.17, 15) is 14.9 Å². The molecule has 30 heavy (non-hydrogen) atoms. The van der Waals surface area contributed by atoms with E-state index in [1.54, 1.807) is 34.0 Å². The molecule has 156 valence electrons. The summed E-state index contributed by atoms with van der Waals surface area (Å²) in [6.07, 6.45) is 1.63. The first-order chi connectivity index (χ1) is 14.4. The molecule has 0 N–H and O–H groups in total. The maximum Gasteiger partial charge on any atom is 0.275 e. The molecule has 1 saturated heterocycles. The van der Waals surface area contributed by atoms with Gasteiger partial charge in [0.1, 0.15) is 0 Å². The number of nitro groups is 1. The van der Waals surface area contributed by atoms with Crippen LogP contribution in [0.25, 0.3) is 5.69 Å². The number of carbonyl (C=O) groups is 1. The Balaban J connectivity index is 1.64. The van der Waals surface area contributed by atoms with Crippen molar-refractivity contribution in [2.75, 3.05) is 19.8 Å². The molecule has 1 fully saturated rings. The zero-order valence-electron chi connectivity index (χ0n) is 17.0. The van der Waals surface area contributed by atoms with Crippen LogP contribution in [-0.2, 0) is 11.8 Å². The number of amides is 1. The lowest BCUT2D eigenvalue weighted by molar-refractivity contribution is -0.384. The summed E-state index contributed by atoms with van der Waals surface area (Å²) in [6.45, 7) is 5.19. The van der Waals surface area contributed by atoms with Gasteiger partial charge in [-0.3, -0.25) is 19.6 Å². The number of nitro benzene ring substituents is 1. The van der Waals surface area contributed by atoms with Gasteiger partial charge in [0.2, 0.25) is 0 Å². The summed E-state index contributed by atoms with van der Waals surface area (Å²) in [5, 5.41) is 19.9. The predicted molar refractivity (Wildman–Crippen MR) is 107 cm³/mol. The molecule has 1 aliphatic rings. The summed E-state index contributed by atoms with van der Waals surface area (Å²) >= 11 is 0. The fourth-order valence-electron chi connectivity index (χ4n) is 3.84. The number of hydrogen-bond acceptors (Lipinski definition) is 6.